The molecule has 1 aliphatic rings. The van der Waals surface area contributed by atoms with Gasteiger partial charge in [0.2, 0.25) is 11.1 Å². The summed E-state index contributed by atoms with van der Waals surface area (Å²) in [5.74, 6) is -0.727. The Morgan fingerprint density at radius 1 is 1.67 bits per heavy atom. The predicted molar refractivity (Wildman–Crippen MR) is 75.5 cm³/mol. The summed E-state index contributed by atoms with van der Waals surface area (Å²) < 4.78 is 0. The number of rotatable bonds is 7. The second-order valence-electron chi connectivity index (χ2n) is 4.96. The fourth-order valence-electron chi connectivity index (χ4n) is 2.15. The first-order chi connectivity index (χ1) is 9.93. The van der Waals surface area contributed by atoms with Gasteiger partial charge in [-0.1, -0.05) is 6.92 Å². The van der Waals surface area contributed by atoms with Crippen LogP contribution in [0, 0.1) is 16.0 Å². The molecule has 0 radical (unpaired) electrons. The molecule has 1 aromatic rings. The van der Waals surface area contributed by atoms with Gasteiger partial charge in [0.15, 0.2) is 0 Å². The zero-order valence-electron chi connectivity index (χ0n) is 11.4. The molecular formula is C12H15ClN4O4. The smallest absolute Gasteiger partial charge is 0.329 e. The molecular weight excluding hydrogens is 300 g/mol. The standard InChI is InChI=1S/C12H15ClN4O4/c1-2-8(11(18)19)16(6-7-3-4-7)10-9(17(20)21)5-14-12(13)15-10/h5,7-8H,2-4,6H2,1H3,(H,18,19). The van der Waals surface area contributed by atoms with Crippen LogP contribution in [-0.2, 0) is 4.79 Å². The summed E-state index contributed by atoms with van der Waals surface area (Å²) in [7, 11) is 0. The molecule has 1 aliphatic carbocycles. The average molecular weight is 315 g/mol. The van der Waals surface area contributed by atoms with Gasteiger partial charge >= 0.3 is 11.7 Å². The normalized spacial score (nSPS) is 15.5. The summed E-state index contributed by atoms with van der Waals surface area (Å²) in [6.07, 6.45) is 3.29. The molecule has 0 aliphatic heterocycles. The number of carboxylic acids is 1. The van der Waals surface area contributed by atoms with Gasteiger partial charge in [-0.2, -0.15) is 4.98 Å². The highest BCUT2D eigenvalue weighted by molar-refractivity contribution is 6.28. The third-order valence-electron chi connectivity index (χ3n) is 3.39. The molecule has 21 heavy (non-hydrogen) atoms. The molecule has 9 heteroatoms. The van der Waals surface area contributed by atoms with Crippen LogP contribution in [0.15, 0.2) is 6.20 Å². The van der Waals surface area contributed by atoms with Crippen molar-refractivity contribution in [3.05, 3.63) is 21.6 Å². The summed E-state index contributed by atoms with van der Waals surface area (Å²) in [4.78, 5) is 30.9. The van der Waals surface area contributed by atoms with Crippen LogP contribution in [0.1, 0.15) is 26.2 Å². The fourth-order valence-corrected chi connectivity index (χ4v) is 2.28. The molecule has 1 unspecified atom stereocenters. The number of nitro groups is 1. The number of carbonyl (C=O) groups is 1. The molecule has 2 rings (SSSR count). The lowest BCUT2D eigenvalue weighted by molar-refractivity contribution is -0.384. The van der Waals surface area contributed by atoms with E-state index in [0.29, 0.717) is 18.9 Å². The minimum Gasteiger partial charge on any atom is -0.480 e. The Morgan fingerprint density at radius 3 is 2.81 bits per heavy atom. The van der Waals surface area contributed by atoms with Crippen molar-refractivity contribution in [2.75, 3.05) is 11.4 Å². The van der Waals surface area contributed by atoms with Crippen molar-refractivity contribution in [2.24, 2.45) is 5.92 Å². The molecule has 0 amide bonds. The number of hydrogen-bond acceptors (Lipinski definition) is 6. The Balaban J connectivity index is 2.46. The quantitative estimate of drug-likeness (QED) is 0.466. The average Bonchev–Trinajstić information content (AvgIpc) is 3.21. The summed E-state index contributed by atoms with van der Waals surface area (Å²) in [6, 6.07) is -0.879. The lowest BCUT2D eigenvalue weighted by atomic mass is 10.1. The van der Waals surface area contributed by atoms with Crippen molar-refractivity contribution in [3.63, 3.8) is 0 Å². The van der Waals surface area contributed by atoms with Crippen LogP contribution < -0.4 is 4.90 Å². The second-order valence-corrected chi connectivity index (χ2v) is 5.30. The van der Waals surface area contributed by atoms with E-state index in [0.717, 1.165) is 19.0 Å². The molecule has 0 spiro atoms. The Labute approximate surface area is 125 Å². The van der Waals surface area contributed by atoms with Crippen LogP contribution in [-0.4, -0.2) is 38.6 Å². The highest BCUT2D eigenvalue weighted by Gasteiger charge is 2.35. The number of halogens is 1. The van der Waals surface area contributed by atoms with Gasteiger partial charge in [0.05, 0.1) is 4.92 Å². The Kier molecular flexibility index (Phi) is 4.56. The molecule has 1 atom stereocenters. The maximum atomic E-state index is 11.4. The number of aromatic nitrogens is 2. The summed E-state index contributed by atoms with van der Waals surface area (Å²) in [5, 5.41) is 20.3. The van der Waals surface area contributed by atoms with Crippen molar-refractivity contribution in [1.29, 1.82) is 0 Å². The number of anilines is 1. The number of nitrogens with zero attached hydrogens (tertiary/aromatic N) is 4. The minimum absolute atomic E-state index is 0.0267. The van der Waals surface area contributed by atoms with Crippen molar-refractivity contribution >= 4 is 29.1 Å². The predicted octanol–water partition coefficient (Wildman–Crippen LogP) is 2.12. The largest absolute Gasteiger partial charge is 0.480 e. The molecule has 114 valence electrons. The van der Waals surface area contributed by atoms with Gasteiger partial charge < -0.3 is 10.0 Å². The van der Waals surface area contributed by atoms with Gasteiger partial charge in [0, 0.05) is 6.54 Å². The third kappa shape index (κ3) is 3.57. The number of hydrogen-bond donors (Lipinski definition) is 1. The third-order valence-corrected chi connectivity index (χ3v) is 3.57. The van der Waals surface area contributed by atoms with Gasteiger partial charge in [-0.25, -0.2) is 9.78 Å². The number of carboxylic acid groups (broad SMARTS) is 1. The maximum absolute atomic E-state index is 11.4. The Morgan fingerprint density at radius 2 is 2.33 bits per heavy atom. The highest BCUT2D eigenvalue weighted by atomic mass is 35.5. The first kappa shape index (κ1) is 15.4. The van der Waals surface area contributed by atoms with E-state index in [1.807, 2.05) is 0 Å². The van der Waals surface area contributed by atoms with E-state index in [-0.39, 0.29) is 16.8 Å². The molecule has 0 saturated heterocycles. The summed E-state index contributed by atoms with van der Waals surface area (Å²) in [6.45, 7) is 2.13. The molecule has 1 aromatic heterocycles. The zero-order valence-corrected chi connectivity index (χ0v) is 12.2. The monoisotopic (exact) mass is 314 g/mol. The van der Waals surface area contributed by atoms with Crippen LogP contribution in [0.5, 0.6) is 0 Å². The molecule has 0 bridgehead atoms. The van der Waals surface area contributed by atoms with Gasteiger partial charge in [-0.15, -0.1) is 0 Å². The first-order valence-corrected chi connectivity index (χ1v) is 6.98. The topological polar surface area (TPSA) is 109 Å². The van der Waals surface area contributed by atoms with Crippen molar-refractivity contribution < 1.29 is 14.8 Å². The summed E-state index contributed by atoms with van der Waals surface area (Å²) >= 11 is 5.73. The van der Waals surface area contributed by atoms with Crippen LogP contribution >= 0.6 is 11.6 Å². The molecule has 1 heterocycles. The molecule has 1 saturated carbocycles. The van der Waals surface area contributed by atoms with E-state index in [1.165, 1.54) is 4.90 Å². The lowest BCUT2D eigenvalue weighted by Crippen LogP contribution is -2.43. The minimum atomic E-state index is -1.04. The van der Waals surface area contributed by atoms with Crippen molar-refractivity contribution in [2.45, 2.75) is 32.2 Å². The van der Waals surface area contributed by atoms with Crippen LogP contribution in [0.25, 0.3) is 0 Å². The van der Waals surface area contributed by atoms with Crippen LogP contribution in [0.4, 0.5) is 11.5 Å². The van der Waals surface area contributed by atoms with Crippen molar-refractivity contribution in [1.82, 2.24) is 9.97 Å². The van der Waals surface area contributed by atoms with E-state index in [1.54, 1.807) is 6.92 Å². The first-order valence-electron chi connectivity index (χ1n) is 6.60. The molecule has 0 aromatic carbocycles. The van der Waals surface area contributed by atoms with Gasteiger partial charge in [0.25, 0.3) is 0 Å². The highest BCUT2D eigenvalue weighted by Crippen LogP contribution is 2.35. The Bertz CT molecular complexity index is 564. The molecule has 1 fully saturated rings. The van der Waals surface area contributed by atoms with E-state index in [9.17, 15) is 20.0 Å². The van der Waals surface area contributed by atoms with E-state index in [4.69, 9.17) is 11.6 Å². The zero-order chi connectivity index (χ0) is 15.6. The van der Waals surface area contributed by atoms with Gasteiger partial charge in [-0.3, -0.25) is 10.1 Å². The number of aliphatic carboxylic acids is 1. The van der Waals surface area contributed by atoms with Gasteiger partial charge in [-0.05, 0) is 36.8 Å². The van der Waals surface area contributed by atoms with Crippen LogP contribution in [0.3, 0.4) is 0 Å². The molecule has 8 nitrogen and oxygen atoms in total. The van der Waals surface area contributed by atoms with E-state index in [2.05, 4.69) is 9.97 Å². The Hall–Kier alpha value is -1.96. The SMILES string of the molecule is CCC(C(=O)O)N(CC1CC1)c1nc(Cl)ncc1[N+](=O)[O-]. The van der Waals surface area contributed by atoms with E-state index >= 15 is 0 Å². The van der Waals surface area contributed by atoms with Crippen molar-refractivity contribution in [3.8, 4) is 0 Å². The lowest BCUT2D eigenvalue weighted by Gasteiger charge is -2.28. The second kappa shape index (κ2) is 6.21. The van der Waals surface area contributed by atoms with E-state index < -0.39 is 16.9 Å². The molecule has 1 N–H and O–H groups in total. The summed E-state index contributed by atoms with van der Waals surface area (Å²) in [5.41, 5.74) is -0.334. The fraction of sp³-hybridized carbons (Fsp3) is 0.583. The van der Waals surface area contributed by atoms with Gasteiger partial charge in [0.1, 0.15) is 12.2 Å². The maximum Gasteiger partial charge on any atom is 0.329 e. The van der Waals surface area contributed by atoms with Crippen LogP contribution in [0.2, 0.25) is 5.28 Å².